The SMILES string of the molecule is COc1cc(C(N)=O)ccc1OC1CCN(C2CCCC2)CC1. The smallest absolute Gasteiger partial charge is 0.248 e. The maximum Gasteiger partial charge on any atom is 0.248 e. The van der Waals surface area contributed by atoms with Crippen LogP contribution in [0.2, 0.25) is 0 Å². The minimum Gasteiger partial charge on any atom is -0.493 e. The van der Waals surface area contributed by atoms with Gasteiger partial charge < -0.3 is 20.1 Å². The van der Waals surface area contributed by atoms with Gasteiger partial charge in [0.2, 0.25) is 5.91 Å². The molecule has 0 bridgehead atoms. The van der Waals surface area contributed by atoms with Crippen LogP contribution in [0, 0.1) is 0 Å². The molecule has 5 heteroatoms. The Morgan fingerprint density at radius 1 is 1.13 bits per heavy atom. The zero-order chi connectivity index (χ0) is 16.2. The summed E-state index contributed by atoms with van der Waals surface area (Å²) in [6.45, 7) is 2.22. The highest BCUT2D eigenvalue weighted by atomic mass is 16.5. The lowest BCUT2D eigenvalue weighted by Gasteiger charge is -2.36. The van der Waals surface area contributed by atoms with Gasteiger partial charge in [-0.15, -0.1) is 0 Å². The summed E-state index contributed by atoms with van der Waals surface area (Å²) >= 11 is 0. The summed E-state index contributed by atoms with van der Waals surface area (Å²) in [6, 6.07) is 5.90. The van der Waals surface area contributed by atoms with Gasteiger partial charge >= 0.3 is 0 Å². The van der Waals surface area contributed by atoms with E-state index in [0.29, 0.717) is 17.1 Å². The molecule has 0 aromatic heterocycles. The molecule has 1 aliphatic carbocycles. The lowest BCUT2D eigenvalue weighted by molar-refractivity contribution is 0.0750. The number of rotatable bonds is 5. The molecular formula is C18H26N2O3. The first-order valence-electron chi connectivity index (χ1n) is 8.56. The third-order valence-electron chi connectivity index (χ3n) is 5.06. The van der Waals surface area contributed by atoms with E-state index in [1.54, 1.807) is 25.3 Å². The van der Waals surface area contributed by atoms with Crippen LogP contribution in [-0.2, 0) is 0 Å². The van der Waals surface area contributed by atoms with Crippen LogP contribution in [0.4, 0.5) is 0 Å². The third kappa shape index (κ3) is 3.78. The first-order valence-corrected chi connectivity index (χ1v) is 8.56. The van der Waals surface area contributed by atoms with Crippen molar-refractivity contribution in [2.75, 3.05) is 20.2 Å². The normalized spacial score (nSPS) is 20.6. The highest BCUT2D eigenvalue weighted by molar-refractivity contribution is 5.93. The van der Waals surface area contributed by atoms with Gasteiger partial charge in [-0.3, -0.25) is 4.79 Å². The highest BCUT2D eigenvalue weighted by Gasteiger charge is 2.28. The van der Waals surface area contributed by atoms with Crippen molar-refractivity contribution in [3.63, 3.8) is 0 Å². The zero-order valence-corrected chi connectivity index (χ0v) is 13.8. The molecule has 1 aromatic carbocycles. The van der Waals surface area contributed by atoms with Gasteiger partial charge in [0, 0.05) is 24.7 Å². The molecular weight excluding hydrogens is 292 g/mol. The Morgan fingerprint density at radius 2 is 1.83 bits per heavy atom. The van der Waals surface area contributed by atoms with Crippen molar-refractivity contribution in [1.82, 2.24) is 4.90 Å². The number of ether oxygens (including phenoxy) is 2. The topological polar surface area (TPSA) is 64.8 Å². The average molecular weight is 318 g/mol. The van der Waals surface area contributed by atoms with Crippen molar-refractivity contribution in [3.8, 4) is 11.5 Å². The number of hydrogen-bond acceptors (Lipinski definition) is 4. The first-order chi connectivity index (χ1) is 11.2. The number of nitrogens with zero attached hydrogens (tertiary/aromatic N) is 1. The van der Waals surface area contributed by atoms with E-state index < -0.39 is 5.91 Å². The molecule has 2 aliphatic rings. The quantitative estimate of drug-likeness (QED) is 0.906. The largest absolute Gasteiger partial charge is 0.493 e. The Hall–Kier alpha value is -1.75. The lowest BCUT2D eigenvalue weighted by atomic mass is 10.0. The van der Waals surface area contributed by atoms with E-state index in [4.69, 9.17) is 15.2 Å². The van der Waals surface area contributed by atoms with Crippen molar-refractivity contribution >= 4 is 5.91 Å². The second-order valence-electron chi connectivity index (χ2n) is 6.52. The van der Waals surface area contributed by atoms with Crippen molar-refractivity contribution in [2.45, 2.75) is 50.7 Å². The molecule has 1 aliphatic heterocycles. The number of carbonyl (C=O) groups excluding carboxylic acids is 1. The van der Waals surface area contributed by atoms with Crippen LogP contribution in [0.15, 0.2) is 18.2 Å². The summed E-state index contributed by atoms with van der Waals surface area (Å²) in [7, 11) is 1.58. The molecule has 2 N–H and O–H groups in total. The summed E-state index contributed by atoms with van der Waals surface area (Å²) in [4.78, 5) is 13.9. The van der Waals surface area contributed by atoms with Crippen molar-refractivity contribution in [1.29, 1.82) is 0 Å². The van der Waals surface area contributed by atoms with E-state index in [1.807, 2.05) is 0 Å². The van der Waals surface area contributed by atoms with Crippen LogP contribution in [0.1, 0.15) is 48.9 Å². The van der Waals surface area contributed by atoms with Gasteiger partial charge in [0.1, 0.15) is 6.10 Å². The van der Waals surface area contributed by atoms with Crippen LogP contribution in [0.25, 0.3) is 0 Å². The maximum absolute atomic E-state index is 11.3. The third-order valence-corrected chi connectivity index (χ3v) is 5.06. The molecule has 1 saturated heterocycles. The van der Waals surface area contributed by atoms with E-state index in [9.17, 15) is 4.79 Å². The number of likely N-dealkylation sites (tertiary alicyclic amines) is 1. The van der Waals surface area contributed by atoms with Crippen LogP contribution in [-0.4, -0.2) is 43.2 Å². The number of piperidine rings is 1. The Balaban J connectivity index is 1.58. The van der Waals surface area contributed by atoms with Crippen molar-refractivity contribution in [2.24, 2.45) is 5.73 Å². The molecule has 126 valence electrons. The fourth-order valence-electron chi connectivity index (χ4n) is 3.73. The monoisotopic (exact) mass is 318 g/mol. The summed E-state index contributed by atoms with van der Waals surface area (Å²) in [6.07, 6.45) is 7.76. The van der Waals surface area contributed by atoms with E-state index >= 15 is 0 Å². The van der Waals surface area contributed by atoms with Crippen LogP contribution in [0.5, 0.6) is 11.5 Å². The maximum atomic E-state index is 11.3. The average Bonchev–Trinajstić information content (AvgIpc) is 3.10. The van der Waals surface area contributed by atoms with Crippen molar-refractivity contribution in [3.05, 3.63) is 23.8 Å². The standard InChI is InChI=1S/C18H26N2O3/c1-22-17-12-13(18(19)21)6-7-16(17)23-15-8-10-20(11-9-15)14-4-2-3-5-14/h6-7,12,14-15H,2-5,8-11H2,1H3,(H2,19,21). The second kappa shape index (κ2) is 7.21. The molecule has 1 amide bonds. The predicted octanol–water partition coefficient (Wildman–Crippen LogP) is 2.58. The number of primary amides is 1. The lowest BCUT2D eigenvalue weighted by Crippen LogP contribution is -2.43. The van der Waals surface area contributed by atoms with Gasteiger partial charge in [-0.2, -0.15) is 0 Å². The van der Waals surface area contributed by atoms with E-state index in [-0.39, 0.29) is 6.10 Å². The van der Waals surface area contributed by atoms with Gasteiger partial charge in [0.25, 0.3) is 0 Å². The highest BCUT2D eigenvalue weighted by Crippen LogP contribution is 2.32. The van der Waals surface area contributed by atoms with E-state index in [0.717, 1.165) is 32.0 Å². The number of benzene rings is 1. The number of amides is 1. The van der Waals surface area contributed by atoms with E-state index in [1.165, 1.54) is 25.7 Å². The minimum absolute atomic E-state index is 0.209. The molecule has 0 atom stereocenters. The minimum atomic E-state index is -0.459. The van der Waals surface area contributed by atoms with Gasteiger partial charge in [-0.05, 0) is 43.9 Å². The summed E-state index contributed by atoms with van der Waals surface area (Å²) in [5, 5.41) is 0. The molecule has 0 unspecified atom stereocenters. The molecule has 2 fully saturated rings. The van der Waals surface area contributed by atoms with Crippen LogP contribution < -0.4 is 15.2 Å². The van der Waals surface area contributed by atoms with Gasteiger partial charge in [0.15, 0.2) is 11.5 Å². The van der Waals surface area contributed by atoms with E-state index in [2.05, 4.69) is 4.90 Å². The van der Waals surface area contributed by atoms with Crippen LogP contribution in [0.3, 0.4) is 0 Å². The molecule has 0 spiro atoms. The molecule has 23 heavy (non-hydrogen) atoms. The Kier molecular flexibility index (Phi) is 5.06. The fourth-order valence-corrected chi connectivity index (χ4v) is 3.73. The Labute approximate surface area is 137 Å². The molecule has 1 aromatic rings. The van der Waals surface area contributed by atoms with Gasteiger partial charge in [-0.1, -0.05) is 12.8 Å². The second-order valence-corrected chi connectivity index (χ2v) is 6.52. The Morgan fingerprint density at radius 3 is 2.43 bits per heavy atom. The molecule has 1 heterocycles. The predicted molar refractivity (Wildman–Crippen MR) is 89.0 cm³/mol. The Bertz CT molecular complexity index is 547. The molecule has 3 rings (SSSR count). The van der Waals surface area contributed by atoms with Crippen molar-refractivity contribution < 1.29 is 14.3 Å². The van der Waals surface area contributed by atoms with Gasteiger partial charge in [-0.25, -0.2) is 0 Å². The summed E-state index contributed by atoms with van der Waals surface area (Å²) in [5.74, 6) is 0.802. The number of nitrogens with two attached hydrogens (primary N) is 1. The fraction of sp³-hybridized carbons (Fsp3) is 0.611. The molecule has 1 saturated carbocycles. The molecule has 5 nitrogen and oxygen atoms in total. The number of carbonyl (C=O) groups is 1. The molecule has 0 radical (unpaired) electrons. The summed E-state index contributed by atoms with van der Waals surface area (Å²) < 4.78 is 11.5. The van der Waals surface area contributed by atoms with Crippen LogP contribution >= 0.6 is 0 Å². The van der Waals surface area contributed by atoms with Gasteiger partial charge in [0.05, 0.1) is 7.11 Å². The first kappa shape index (κ1) is 16.1. The zero-order valence-electron chi connectivity index (χ0n) is 13.8. The summed E-state index contributed by atoms with van der Waals surface area (Å²) in [5.41, 5.74) is 5.74. The number of methoxy groups -OCH3 is 1. The number of hydrogen-bond donors (Lipinski definition) is 1.